The van der Waals surface area contributed by atoms with Crippen LogP contribution in [-0.4, -0.2) is 24.6 Å². The van der Waals surface area contributed by atoms with Gasteiger partial charge in [-0.25, -0.2) is 0 Å². The largest absolute Gasteiger partial charge is 0.493 e. The van der Waals surface area contributed by atoms with Gasteiger partial charge < -0.3 is 14.8 Å². The third-order valence-corrected chi connectivity index (χ3v) is 4.06. The van der Waals surface area contributed by atoms with Crippen molar-refractivity contribution in [3.63, 3.8) is 0 Å². The molecule has 0 radical (unpaired) electrons. The van der Waals surface area contributed by atoms with E-state index in [1.165, 1.54) is 0 Å². The highest BCUT2D eigenvalue weighted by molar-refractivity contribution is 5.96. The van der Waals surface area contributed by atoms with Gasteiger partial charge in [0.15, 0.2) is 6.10 Å². The molecule has 138 valence electrons. The van der Waals surface area contributed by atoms with Gasteiger partial charge in [0.25, 0.3) is 5.91 Å². The Morgan fingerprint density at radius 3 is 2.23 bits per heavy atom. The van der Waals surface area contributed by atoms with Gasteiger partial charge in [0, 0.05) is 5.69 Å². The number of carbonyl (C=O) groups is 2. The number of ether oxygens (including phenoxy) is 2. The summed E-state index contributed by atoms with van der Waals surface area (Å²) >= 11 is 0. The number of rotatable bonds is 7. The highest BCUT2D eigenvalue weighted by Crippen LogP contribution is 2.20. The summed E-state index contributed by atoms with van der Waals surface area (Å²) in [6.07, 6.45) is -0.796. The zero-order valence-electron chi connectivity index (χ0n) is 15.7. The SMILES string of the molecule is Cc1ccccc1OCCC(=O)O[C@@H](C)C(=O)Nc1c(C)cccc1C. The standard InChI is InChI=1S/C21H25NO4/c1-14-8-5-6-11-18(14)25-13-12-19(23)26-17(4)21(24)22-20-15(2)9-7-10-16(20)3/h5-11,17H,12-13H2,1-4H3,(H,22,24)/t17-/m0/s1. The van der Waals surface area contributed by atoms with Gasteiger partial charge in [0.2, 0.25) is 0 Å². The first kappa shape index (κ1) is 19.5. The van der Waals surface area contributed by atoms with Gasteiger partial charge in [0.1, 0.15) is 5.75 Å². The predicted molar refractivity (Wildman–Crippen MR) is 101 cm³/mol. The molecular formula is C21H25NO4. The third kappa shape index (κ3) is 5.34. The van der Waals surface area contributed by atoms with Gasteiger partial charge in [-0.05, 0) is 50.5 Å². The van der Waals surface area contributed by atoms with Gasteiger partial charge in [-0.1, -0.05) is 36.4 Å². The van der Waals surface area contributed by atoms with Crippen LogP contribution in [0.3, 0.4) is 0 Å². The maximum absolute atomic E-state index is 12.3. The summed E-state index contributed by atoms with van der Waals surface area (Å²) in [6.45, 7) is 7.54. The van der Waals surface area contributed by atoms with E-state index in [1.807, 2.05) is 63.2 Å². The third-order valence-electron chi connectivity index (χ3n) is 4.06. The molecule has 2 rings (SSSR count). The molecule has 2 aromatic rings. The average Bonchev–Trinajstić information content (AvgIpc) is 2.59. The number of para-hydroxylation sites is 2. The first-order valence-corrected chi connectivity index (χ1v) is 8.63. The van der Waals surface area contributed by atoms with Crippen molar-refractivity contribution in [3.05, 3.63) is 59.2 Å². The molecule has 1 N–H and O–H groups in total. The van der Waals surface area contributed by atoms with Gasteiger partial charge in [0.05, 0.1) is 13.0 Å². The molecule has 0 saturated heterocycles. The van der Waals surface area contributed by atoms with Crippen LogP contribution in [0.4, 0.5) is 5.69 Å². The zero-order valence-corrected chi connectivity index (χ0v) is 15.7. The number of carbonyl (C=O) groups excluding carboxylic acids is 2. The molecule has 0 spiro atoms. The molecule has 0 aliphatic rings. The molecule has 26 heavy (non-hydrogen) atoms. The van der Waals surface area contributed by atoms with Crippen molar-refractivity contribution in [2.24, 2.45) is 0 Å². The highest BCUT2D eigenvalue weighted by Gasteiger charge is 2.19. The van der Waals surface area contributed by atoms with Gasteiger partial charge in [-0.3, -0.25) is 9.59 Å². The summed E-state index contributed by atoms with van der Waals surface area (Å²) in [6, 6.07) is 13.4. The van der Waals surface area contributed by atoms with Crippen LogP contribution in [0.25, 0.3) is 0 Å². The van der Waals surface area contributed by atoms with Crippen LogP contribution in [-0.2, 0) is 14.3 Å². The van der Waals surface area contributed by atoms with Crippen molar-refractivity contribution >= 4 is 17.6 Å². The van der Waals surface area contributed by atoms with Crippen molar-refractivity contribution in [3.8, 4) is 5.75 Å². The van der Waals surface area contributed by atoms with Gasteiger partial charge >= 0.3 is 5.97 Å². The molecule has 0 bridgehead atoms. The zero-order chi connectivity index (χ0) is 19.1. The summed E-state index contributed by atoms with van der Waals surface area (Å²) < 4.78 is 10.8. The minimum atomic E-state index is -0.875. The number of nitrogens with one attached hydrogen (secondary N) is 1. The number of hydrogen-bond acceptors (Lipinski definition) is 4. The molecule has 0 unspecified atom stereocenters. The normalized spacial score (nSPS) is 11.5. The lowest BCUT2D eigenvalue weighted by molar-refractivity contribution is -0.153. The number of hydrogen-bond donors (Lipinski definition) is 1. The molecule has 0 heterocycles. The maximum atomic E-state index is 12.3. The Morgan fingerprint density at radius 2 is 1.58 bits per heavy atom. The molecule has 1 amide bonds. The first-order valence-electron chi connectivity index (χ1n) is 8.63. The lowest BCUT2D eigenvalue weighted by Crippen LogP contribution is -2.30. The van der Waals surface area contributed by atoms with Crippen LogP contribution in [0.15, 0.2) is 42.5 Å². The fourth-order valence-electron chi connectivity index (χ4n) is 2.51. The summed E-state index contributed by atoms with van der Waals surface area (Å²) in [5, 5.41) is 2.83. The van der Waals surface area contributed by atoms with Crippen LogP contribution >= 0.6 is 0 Å². The topological polar surface area (TPSA) is 64.6 Å². The number of aryl methyl sites for hydroxylation is 3. The first-order chi connectivity index (χ1) is 12.4. The van der Waals surface area contributed by atoms with E-state index in [9.17, 15) is 9.59 Å². The smallest absolute Gasteiger partial charge is 0.310 e. The Kier molecular flexibility index (Phi) is 6.78. The van der Waals surface area contributed by atoms with Crippen molar-refractivity contribution in [2.75, 3.05) is 11.9 Å². The highest BCUT2D eigenvalue weighted by atomic mass is 16.5. The number of amides is 1. The Labute approximate surface area is 154 Å². The van der Waals surface area contributed by atoms with E-state index in [-0.39, 0.29) is 18.9 Å². The van der Waals surface area contributed by atoms with Gasteiger partial charge in [-0.2, -0.15) is 0 Å². The lowest BCUT2D eigenvalue weighted by atomic mass is 10.1. The van der Waals surface area contributed by atoms with E-state index in [0.717, 1.165) is 28.1 Å². The Hall–Kier alpha value is -2.82. The number of esters is 1. The molecule has 0 saturated carbocycles. The summed E-state index contributed by atoms with van der Waals surface area (Å²) in [5.74, 6) is -0.0839. The summed E-state index contributed by atoms with van der Waals surface area (Å²) in [7, 11) is 0. The summed E-state index contributed by atoms with van der Waals surface area (Å²) in [4.78, 5) is 24.2. The van der Waals surface area contributed by atoms with Crippen LogP contribution in [0.2, 0.25) is 0 Å². The molecular weight excluding hydrogens is 330 g/mol. The van der Waals surface area contributed by atoms with Crippen LogP contribution in [0, 0.1) is 20.8 Å². The Balaban J connectivity index is 1.81. The maximum Gasteiger partial charge on any atom is 0.310 e. The number of benzene rings is 2. The van der Waals surface area contributed by atoms with Crippen molar-refractivity contribution in [2.45, 2.75) is 40.2 Å². The second-order valence-corrected chi connectivity index (χ2v) is 6.25. The van der Waals surface area contributed by atoms with Crippen LogP contribution in [0.1, 0.15) is 30.0 Å². The average molecular weight is 355 g/mol. The second-order valence-electron chi connectivity index (χ2n) is 6.25. The Bertz CT molecular complexity index is 765. The van der Waals surface area contributed by atoms with E-state index in [0.29, 0.717) is 0 Å². The predicted octanol–water partition coefficient (Wildman–Crippen LogP) is 3.95. The molecule has 1 atom stereocenters. The fourth-order valence-corrected chi connectivity index (χ4v) is 2.51. The molecule has 5 heteroatoms. The molecule has 0 fully saturated rings. The Morgan fingerprint density at radius 1 is 0.962 bits per heavy atom. The van der Waals surface area contributed by atoms with Crippen molar-refractivity contribution in [1.29, 1.82) is 0 Å². The van der Waals surface area contributed by atoms with E-state index in [2.05, 4.69) is 5.32 Å². The molecule has 0 aliphatic carbocycles. The van der Waals surface area contributed by atoms with Crippen molar-refractivity contribution in [1.82, 2.24) is 0 Å². The van der Waals surface area contributed by atoms with E-state index < -0.39 is 12.1 Å². The van der Waals surface area contributed by atoms with Gasteiger partial charge in [-0.15, -0.1) is 0 Å². The minimum absolute atomic E-state index is 0.0787. The van der Waals surface area contributed by atoms with E-state index in [1.54, 1.807) is 6.92 Å². The molecule has 5 nitrogen and oxygen atoms in total. The van der Waals surface area contributed by atoms with Crippen molar-refractivity contribution < 1.29 is 19.1 Å². The molecule has 2 aromatic carbocycles. The number of anilines is 1. The van der Waals surface area contributed by atoms with E-state index >= 15 is 0 Å². The minimum Gasteiger partial charge on any atom is -0.493 e. The molecule has 0 aliphatic heterocycles. The molecule has 0 aromatic heterocycles. The van der Waals surface area contributed by atoms with Crippen LogP contribution in [0.5, 0.6) is 5.75 Å². The van der Waals surface area contributed by atoms with Crippen LogP contribution < -0.4 is 10.1 Å². The quantitative estimate of drug-likeness (QED) is 0.764. The lowest BCUT2D eigenvalue weighted by Gasteiger charge is -2.16. The van der Waals surface area contributed by atoms with E-state index in [4.69, 9.17) is 9.47 Å². The monoisotopic (exact) mass is 355 g/mol. The summed E-state index contributed by atoms with van der Waals surface area (Å²) in [5.41, 5.74) is 3.68. The fraction of sp³-hybridized carbons (Fsp3) is 0.333. The second kappa shape index (κ2) is 9.04.